The van der Waals surface area contributed by atoms with Gasteiger partial charge in [-0.3, -0.25) is 9.50 Å². The molecule has 0 aromatic carbocycles. The average molecular weight is 148 g/mol. The first-order valence-electron chi connectivity index (χ1n) is 3.53. The number of carboxylic acid groups (broad SMARTS) is 1. The van der Waals surface area contributed by atoms with Crippen LogP contribution >= 0.6 is 0 Å². The van der Waals surface area contributed by atoms with Crippen LogP contribution in [0.2, 0.25) is 0 Å². The van der Waals surface area contributed by atoms with Crippen molar-refractivity contribution in [3.63, 3.8) is 0 Å². The van der Waals surface area contributed by atoms with Gasteiger partial charge in [0.05, 0.1) is 5.92 Å². The van der Waals surface area contributed by atoms with Crippen LogP contribution in [0.1, 0.15) is 32.1 Å². The van der Waals surface area contributed by atoms with Gasteiger partial charge < -0.3 is 5.11 Å². The maximum absolute atomic E-state index is 10.4. The van der Waals surface area contributed by atoms with Crippen molar-refractivity contribution < 1.29 is 14.6 Å². The molecule has 1 saturated carbocycles. The molecule has 10 heavy (non-hydrogen) atoms. The van der Waals surface area contributed by atoms with Crippen molar-refractivity contribution >= 4 is 5.97 Å². The lowest BCUT2D eigenvalue weighted by Gasteiger charge is -2.16. The summed E-state index contributed by atoms with van der Waals surface area (Å²) in [6, 6.07) is 0. The molecule has 0 unspecified atom stereocenters. The second-order valence-electron chi connectivity index (χ2n) is 2.67. The van der Waals surface area contributed by atoms with Crippen molar-refractivity contribution in [1.29, 1.82) is 0 Å². The van der Waals surface area contributed by atoms with Crippen LogP contribution in [0.15, 0.2) is 0 Å². The van der Waals surface area contributed by atoms with Gasteiger partial charge in [-0.1, -0.05) is 19.3 Å². The highest BCUT2D eigenvalue weighted by atomic mass is 19.0. The monoisotopic (exact) mass is 148 g/mol. The fraction of sp³-hybridized carbons (Fsp3) is 0.857. The van der Waals surface area contributed by atoms with Crippen LogP contribution in [0.5, 0.6) is 0 Å². The number of hydrogen-bond acceptors (Lipinski definition) is 1. The maximum atomic E-state index is 10.4. The molecule has 0 aromatic rings. The first kappa shape index (κ1) is 9.40. The largest absolute Gasteiger partial charge is 0.481 e. The maximum Gasteiger partial charge on any atom is 0.306 e. The molecule has 0 bridgehead atoms. The molecule has 0 amide bonds. The SMILES string of the molecule is F.O=C(O)C1CCCCC1. The van der Waals surface area contributed by atoms with Crippen LogP contribution in [0.3, 0.4) is 0 Å². The predicted molar refractivity (Wildman–Crippen MR) is 36.7 cm³/mol. The number of halogens is 1. The third kappa shape index (κ3) is 2.33. The molecule has 0 radical (unpaired) electrons. The summed E-state index contributed by atoms with van der Waals surface area (Å²) < 4.78 is 0. The minimum atomic E-state index is -0.602. The van der Waals surface area contributed by atoms with Gasteiger partial charge in [0.1, 0.15) is 0 Å². The van der Waals surface area contributed by atoms with Crippen molar-refractivity contribution in [3.05, 3.63) is 0 Å². The summed E-state index contributed by atoms with van der Waals surface area (Å²) in [5, 5.41) is 8.54. The van der Waals surface area contributed by atoms with Crippen molar-refractivity contribution in [2.75, 3.05) is 0 Å². The zero-order valence-electron chi connectivity index (χ0n) is 5.88. The number of aliphatic carboxylic acids is 1. The minimum Gasteiger partial charge on any atom is -0.481 e. The molecule has 60 valence electrons. The van der Waals surface area contributed by atoms with Gasteiger partial charge in [-0.2, -0.15) is 0 Å². The van der Waals surface area contributed by atoms with Gasteiger partial charge in [-0.05, 0) is 12.8 Å². The normalized spacial score (nSPS) is 19.6. The summed E-state index contributed by atoms with van der Waals surface area (Å²) in [7, 11) is 0. The van der Waals surface area contributed by atoms with E-state index in [0.29, 0.717) is 0 Å². The van der Waals surface area contributed by atoms with E-state index in [2.05, 4.69) is 0 Å². The van der Waals surface area contributed by atoms with Crippen LogP contribution in [-0.2, 0) is 4.79 Å². The zero-order valence-corrected chi connectivity index (χ0v) is 5.88. The standard InChI is InChI=1S/C7H12O2.FH/c8-7(9)6-4-2-1-3-5-6;/h6H,1-5H2,(H,8,9);1H. The summed E-state index contributed by atoms with van der Waals surface area (Å²) in [6.07, 6.45) is 5.24. The van der Waals surface area contributed by atoms with E-state index in [0.717, 1.165) is 25.7 Å². The Bertz CT molecular complexity index is 108. The Balaban J connectivity index is 0.000000810. The number of carboxylic acids is 1. The molecule has 0 saturated heterocycles. The van der Waals surface area contributed by atoms with E-state index in [1.165, 1.54) is 6.42 Å². The molecule has 0 aliphatic heterocycles. The van der Waals surface area contributed by atoms with E-state index in [9.17, 15) is 4.79 Å². The van der Waals surface area contributed by atoms with Crippen molar-refractivity contribution in [2.24, 2.45) is 5.92 Å². The molecule has 0 heterocycles. The van der Waals surface area contributed by atoms with Crippen LogP contribution < -0.4 is 0 Å². The Kier molecular flexibility index (Phi) is 4.00. The summed E-state index contributed by atoms with van der Waals surface area (Å²) in [6.45, 7) is 0. The van der Waals surface area contributed by atoms with E-state index in [4.69, 9.17) is 5.11 Å². The highest BCUT2D eigenvalue weighted by molar-refractivity contribution is 5.69. The molecule has 1 aliphatic carbocycles. The Morgan fingerprint density at radius 2 is 1.70 bits per heavy atom. The molecule has 1 fully saturated rings. The van der Waals surface area contributed by atoms with Gasteiger partial charge in [0.25, 0.3) is 0 Å². The van der Waals surface area contributed by atoms with Crippen molar-refractivity contribution in [2.45, 2.75) is 32.1 Å². The molecule has 0 atom stereocenters. The highest BCUT2D eigenvalue weighted by Crippen LogP contribution is 2.23. The minimum absolute atomic E-state index is 0. The molecular weight excluding hydrogens is 135 g/mol. The number of carbonyl (C=O) groups is 1. The van der Waals surface area contributed by atoms with Gasteiger partial charge in [0.15, 0.2) is 0 Å². The quantitative estimate of drug-likeness (QED) is 0.615. The van der Waals surface area contributed by atoms with Crippen molar-refractivity contribution in [1.82, 2.24) is 0 Å². The van der Waals surface area contributed by atoms with E-state index in [1.54, 1.807) is 0 Å². The van der Waals surface area contributed by atoms with Gasteiger partial charge in [0, 0.05) is 0 Å². The van der Waals surface area contributed by atoms with Gasteiger partial charge in [-0.15, -0.1) is 0 Å². The zero-order chi connectivity index (χ0) is 6.69. The van der Waals surface area contributed by atoms with Crippen LogP contribution in [0.4, 0.5) is 4.70 Å². The lowest BCUT2D eigenvalue weighted by Crippen LogP contribution is -2.16. The summed E-state index contributed by atoms with van der Waals surface area (Å²) in [5.74, 6) is -0.631. The van der Waals surface area contributed by atoms with E-state index >= 15 is 0 Å². The number of hydrogen-bond donors (Lipinski definition) is 1. The van der Waals surface area contributed by atoms with E-state index in [-0.39, 0.29) is 10.6 Å². The lowest BCUT2D eigenvalue weighted by atomic mass is 9.90. The molecule has 1 aliphatic rings. The molecule has 0 aromatic heterocycles. The molecule has 1 rings (SSSR count). The summed E-state index contributed by atoms with van der Waals surface area (Å²) in [5.41, 5.74) is 0. The third-order valence-corrected chi connectivity index (χ3v) is 1.95. The average Bonchev–Trinajstić information content (AvgIpc) is 1.90. The molecular formula is C7H13FO2. The molecule has 1 N–H and O–H groups in total. The fourth-order valence-electron chi connectivity index (χ4n) is 1.35. The lowest BCUT2D eigenvalue weighted by molar-refractivity contribution is -0.142. The Morgan fingerprint density at radius 1 is 1.20 bits per heavy atom. The molecule has 0 spiro atoms. The fourth-order valence-corrected chi connectivity index (χ4v) is 1.35. The molecule has 3 heteroatoms. The summed E-state index contributed by atoms with van der Waals surface area (Å²) >= 11 is 0. The Labute approximate surface area is 59.6 Å². The van der Waals surface area contributed by atoms with Gasteiger partial charge in [0.2, 0.25) is 0 Å². The second kappa shape index (κ2) is 4.25. The topological polar surface area (TPSA) is 37.3 Å². The van der Waals surface area contributed by atoms with E-state index in [1.807, 2.05) is 0 Å². The smallest absolute Gasteiger partial charge is 0.306 e. The first-order chi connectivity index (χ1) is 4.30. The number of rotatable bonds is 1. The first-order valence-corrected chi connectivity index (χ1v) is 3.53. The Hall–Kier alpha value is -0.600. The van der Waals surface area contributed by atoms with Crippen LogP contribution in [-0.4, -0.2) is 11.1 Å². The van der Waals surface area contributed by atoms with Crippen LogP contribution in [0.25, 0.3) is 0 Å². The highest BCUT2D eigenvalue weighted by Gasteiger charge is 2.19. The van der Waals surface area contributed by atoms with Crippen molar-refractivity contribution in [3.8, 4) is 0 Å². The van der Waals surface area contributed by atoms with Gasteiger partial charge in [-0.25, -0.2) is 0 Å². The van der Waals surface area contributed by atoms with E-state index < -0.39 is 5.97 Å². The predicted octanol–water partition coefficient (Wildman–Crippen LogP) is 1.80. The second-order valence-corrected chi connectivity index (χ2v) is 2.67. The summed E-state index contributed by atoms with van der Waals surface area (Å²) in [4.78, 5) is 10.4. The third-order valence-electron chi connectivity index (χ3n) is 1.95. The molecule has 2 nitrogen and oxygen atoms in total. The Morgan fingerprint density at radius 3 is 2.00 bits per heavy atom. The van der Waals surface area contributed by atoms with Gasteiger partial charge >= 0.3 is 5.97 Å². The van der Waals surface area contributed by atoms with Crippen LogP contribution in [0, 0.1) is 5.92 Å².